The maximum absolute atomic E-state index is 12.4. The summed E-state index contributed by atoms with van der Waals surface area (Å²) in [6.07, 6.45) is 4.76. The molecule has 1 N–H and O–H groups in total. The number of hydrogen-bond donors (Lipinski definition) is 1. The second-order valence-corrected chi connectivity index (χ2v) is 6.09. The van der Waals surface area contributed by atoms with E-state index in [1.165, 1.54) is 6.26 Å². The summed E-state index contributed by atoms with van der Waals surface area (Å²) in [4.78, 5) is 50.3. The summed E-state index contributed by atoms with van der Waals surface area (Å²) in [5, 5.41) is 2.64. The Morgan fingerprint density at radius 3 is 2.62 bits per heavy atom. The number of furan rings is 1. The van der Waals surface area contributed by atoms with Crippen LogP contribution in [0.2, 0.25) is 0 Å². The first-order valence-electron chi connectivity index (χ1n) is 8.01. The lowest BCUT2D eigenvalue weighted by Gasteiger charge is -2.21. The van der Waals surface area contributed by atoms with E-state index in [0.29, 0.717) is 23.5 Å². The van der Waals surface area contributed by atoms with Gasteiger partial charge in [0.1, 0.15) is 12.3 Å². The highest BCUT2D eigenvalue weighted by Crippen LogP contribution is 2.27. The predicted molar refractivity (Wildman–Crippen MR) is 81.5 cm³/mol. The SMILES string of the molecule is C[C@@H](NC(=O)CN1C(=O)C(=O)N(C2CCCC2)C1=O)c1ccco1. The van der Waals surface area contributed by atoms with Gasteiger partial charge in [-0.05, 0) is 31.9 Å². The van der Waals surface area contributed by atoms with Crippen molar-refractivity contribution in [2.75, 3.05) is 6.54 Å². The second-order valence-electron chi connectivity index (χ2n) is 6.09. The van der Waals surface area contributed by atoms with Crippen molar-refractivity contribution in [2.45, 2.75) is 44.7 Å². The highest BCUT2D eigenvalue weighted by Gasteiger charge is 2.48. The van der Waals surface area contributed by atoms with Gasteiger partial charge in [-0.2, -0.15) is 0 Å². The van der Waals surface area contributed by atoms with E-state index in [-0.39, 0.29) is 6.04 Å². The summed E-state index contributed by atoms with van der Waals surface area (Å²) in [6, 6.07) is 2.08. The molecule has 0 radical (unpaired) electrons. The molecule has 1 aliphatic heterocycles. The summed E-state index contributed by atoms with van der Waals surface area (Å²) in [5.74, 6) is -1.74. The highest BCUT2D eigenvalue weighted by atomic mass is 16.3. The van der Waals surface area contributed by atoms with Crippen molar-refractivity contribution < 1.29 is 23.6 Å². The smallest absolute Gasteiger partial charge is 0.334 e. The minimum atomic E-state index is -0.937. The Morgan fingerprint density at radius 2 is 2.00 bits per heavy atom. The number of urea groups is 1. The average molecular weight is 333 g/mol. The number of carbonyl (C=O) groups excluding carboxylic acids is 4. The van der Waals surface area contributed by atoms with E-state index in [2.05, 4.69) is 5.32 Å². The summed E-state index contributed by atoms with van der Waals surface area (Å²) in [6.45, 7) is 1.25. The number of amides is 5. The second kappa shape index (κ2) is 6.46. The molecule has 1 saturated carbocycles. The van der Waals surface area contributed by atoms with Gasteiger partial charge in [-0.1, -0.05) is 12.8 Å². The lowest BCUT2D eigenvalue weighted by Crippen LogP contribution is -2.43. The van der Waals surface area contributed by atoms with Crippen molar-refractivity contribution in [3.8, 4) is 0 Å². The first-order valence-corrected chi connectivity index (χ1v) is 8.01. The van der Waals surface area contributed by atoms with Crippen molar-refractivity contribution >= 4 is 23.8 Å². The molecule has 0 spiro atoms. The molecule has 3 rings (SSSR count). The molecular weight excluding hydrogens is 314 g/mol. The van der Waals surface area contributed by atoms with Gasteiger partial charge < -0.3 is 9.73 Å². The van der Waals surface area contributed by atoms with Gasteiger partial charge in [0.25, 0.3) is 0 Å². The fourth-order valence-corrected chi connectivity index (χ4v) is 3.19. The lowest BCUT2D eigenvalue weighted by molar-refractivity contribution is -0.144. The highest BCUT2D eigenvalue weighted by molar-refractivity contribution is 6.45. The topological polar surface area (TPSA) is 99.9 Å². The third-order valence-electron chi connectivity index (χ3n) is 4.42. The van der Waals surface area contributed by atoms with Crippen LogP contribution in [-0.4, -0.2) is 46.1 Å². The molecule has 1 saturated heterocycles. The Kier molecular flexibility index (Phi) is 4.37. The molecule has 24 heavy (non-hydrogen) atoms. The zero-order chi connectivity index (χ0) is 17.3. The van der Waals surface area contributed by atoms with Crippen LogP contribution in [0.5, 0.6) is 0 Å². The van der Waals surface area contributed by atoms with E-state index in [0.717, 1.165) is 17.7 Å². The molecule has 0 unspecified atom stereocenters. The quantitative estimate of drug-likeness (QED) is 0.644. The first-order chi connectivity index (χ1) is 11.5. The maximum atomic E-state index is 12.4. The van der Waals surface area contributed by atoms with E-state index in [9.17, 15) is 19.2 Å². The van der Waals surface area contributed by atoms with Crippen LogP contribution in [0, 0.1) is 0 Å². The normalized spacial score (nSPS) is 20.1. The Labute approximate surface area is 138 Å². The van der Waals surface area contributed by atoms with E-state index in [1.807, 2.05) is 0 Å². The fourth-order valence-electron chi connectivity index (χ4n) is 3.19. The Balaban J connectivity index is 1.63. The van der Waals surface area contributed by atoms with Crippen molar-refractivity contribution in [3.63, 3.8) is 0 Å². The van der Waals surface area contributed by atoms with Crippen LogP contribution in [0.4, 0.5) is 4.79 Å². The van der Waals surface area contributed by atoms with Gasteiger partial charge in [0.2, 0.25) is 5.91 Å². The maximum Gasteiger partial charge on any atom is 0.334 e. The molecule has 2 aliphatic rings. The molecular formula is C16H19N3O5. The molecule has 128 valence electrons. The third-order valence-corrected chi connectivity index (χ3v) is 4.42. The standard InChI is InChI=1S/C16H19N3O5/c1-10(12-7-4-8-24-12)17-13(20)9-18-14(21)15(22)19(16(18)23)11-5-2-3-6-11/h4,7-8,10-11H,2-3,5-6,9H2,1H3,(H,17,20)/t10-/m1/s1. The van der Waals surface area contributed by atoms with Crippen molar-refractivity contribution in [1.82, 2.24) is 15.1 Å². The van der Waals surface area contributed by atoms with Crippen LogP contribution in [0.3, 0.4) is 0 Å². The zero-order valence-corrected chi connectivity index (χ0v) is 13.4. The zero-order valence-electron chi connectivity index (χ0n) is 13.4. The molecule has 0 aromatic carbocycles. The number of hydrogen-bond acceptors (Lipinski definition) is 5. The van der Waals surface area contributed by atoms with Gasteiger partial charge in [-0.25, -0.2) is 9.69 Å². The summed E-state index contributed by atoms with van der Waals surface area (Å²) in [7, 11) is 0. The minimum Gasteiger partial charge on any atom is -0.467 e. The van der Waals surface area contributed by atoms with Crippen molar-refractivity contribution in [1.29, 1.82) is 0 Å². The largest absolute Gasteiger partial charge is 0.467 e. The van der Waals surface area contributed by atoms with Crippen LogP contribution >= 0.6 is 0 Å². The molecule has 0 bridgehead atoms. The van der Waals surface area contributed by atoms with E-state index in [4.69, 9.17) is 4.42 Å². The average Bonchev–Trinajstić information content (AvgIpc) is 3.27. The number of carbonyl (C=O) groups is 4. The van der Waals surface area contributed by atoms with Crippen LogP contribution in [0.1, 0.15) is 44.4 Å². The minimum absolute atomic E-state index is 0.232. The third kappa shape index (κ3) is 2.91. The molecule has 1 aromatic rings. The summed E-state index contributed by atoms with van der Waals surface area (Å²) < 4.78 is 5.19. The van der Waals surface area contributed by atoms with Crippen LogP contribution in [-0.2, 0) is 14.4 Å². The molecule has 2 heterocycles. The molecule has 1 aliphatic carbocycles. The van der Waals surface area contributed by atoms with Crippen LogP contribution < -0.4 is 5.32 Å². The van der Waals surface area contributed by atoms with E-state index in [1.54, 1.807) is 19.1 Å². The van der Waals surface area contributed by atoms with Gasteiger partial charge >= 0.3 is 17.8 Å². The van der Waals surface area contributed by atoms with Crippen LogP contribution in [0.15, 0.2) is 22.8 Å². The van der Waals surface area contributed by atoms with Crippen molar-refractivity contribution in [3.05, 3.63) is 24.2 Å². The number of nitrogens with one attached hydrogen (secondary N) is 1. The van der Waals surface area contributed by atoms with Gasteiger partial charge in [-0.15, -0.1) is 0 Å². The first kappa shape index (κ1) is 16.2. The number of rotatable bonds is 5. The molecule has 2 fully saturated rings. The lowest BCUT2D eigenvalue weighted by atomic mass is 10.2. The van der Waals surface area contributed by atoms with Crippen molar-refractivity contribution in [2.24, 2.45) is 0 Å². The monoisotopic (exact) mass is 333 g/mol. The predicted octanol–water partition coefficient (Wildman–Crippen LogP) is 1.19. The van der Waals surface area contributed by atoms with E-state index < -0.39 is 36.3 Å². The van der Waals surface area contributed by atoms with Crippen LogP contribution in [0.25, 0.3) is 0 Å². The molecule has 8 nitrogen and oxygen atoms in total. The Hall–Kier alpha value is -2.64. The van der Waals surface area contributed by atoms with Gasteiger partial charge in [-0.3, -0.25) is 19.3 Å². The Morgan fingerprint density at radius 1 is 1.29 bits per heavy atom. The Bertz CT molecular complexity index is 663. The number of imide groups is 2. The molecule has 1 atom stereocenters. The molecule has 8 heteroatoms. The number of nitrogens with zero attached hydrogens (tertiary/aromatic N) is 2. The van der Waals surface area contributed by atoms with Gasteiger partial charge in [0, 0.05) is 6.04 Å². The fraction of sp³-hybridized carbons (Fsp3) is 0.500. The summed E-state index contributed by atoms with van der Waals surface area (Å²) in [5.41, 5.74) is 0. The summed E-state index contributed by atoms with van der Waals surface area (Å²) >= 11 is 0. The molecule has 5 amide bonds. The van der Waals surface area contributed by atoms with E-state index >= 15 is 0 Å². The molecule has 1 aromatic heterocycles. The van der Waals surface area contributed by atoms with Gasteiger partial charge in [0.05, 0.1) is 12.3 Å². The van der Waals surface area contributed by atoms with Gasteiger partial charge in [0.15, 0.2) is 0 Å².